The van der Waals surface area contributed by atoms with E-state index in [4.69, 9.17) is 40.5 Å². The van der Waals surface area contributed by atoms with Crippen molar-refractivity contribution < 1.29 is 81.0 Å². The first-order valence-corrected chi connectivity index (χ1v) is 1.46. The molecule has 0 aliphatic carbocycles. The predicted molar refractivity (Wildman–Crippen MR) is 73.1 cm³/mol. The molecule has 22 heteroatoms. The Kier molecular flexibility index (Phi) is 9330. The van der Waals surface area contributed by atoms with Crippen LogP contribution in [-0.2, 0) is 70.1 Å². The minimum Gasteiger partial charge on any atom is -0.457 e. The molecule has 0 fully saturated rings. The molecule has 0 aliphatic rings. The first-order chi connectivity index (χ1) is 5.66. The SMILES string of the molecule is O.O.O=N[O-].O=N[O-].O=N[O-].O=N[O-].[Co+2].[OH3+].[OH3+].[OH3+].[OH3+].[OH3+].[OH3+].[Pd+2]. The Hall–Kier alpha value is -1.55. The molecule has 1 radical (unpaired) electrons. The predicted octanol–water partition coefficient (Wildman–Crippen LogP) is -6.18. The Morgan fingerprint density at radius 2 is 0.455 bits per heavy atom. The third kappa shape index (κ3) is 2330. The molecule has 0 aromatic heterocycles. The zero-order chi connectivity index (χ0) is 10.8. The molecule has 0 saturated heterocycles. The first-order valence-electron chi connectivity index (χ1n) is 1.46. The van der Waals surface area contributed by atoms with Gasteiger partial charge in [0.25, 0.3) is 0 Å². The second kappa shape index (κ2) is 1100. The van der Waals surface area contributed by atoms with Gasteiger partial charge in [-0.1, -0.05) is 0 Å². The van der Waals surface area contributed by atoms with E-state index in [9.17, 15) is 0 Å². The van der Waals surface area contributed by atoms with Gasteiger partial charge in [0.1, 0.15) is 0 Å². The first kappa shape index (κ1) is 186. The molecule has 0 aromatic rings. The molecular formula is H22CoN4O16Pd+6. The Morgan fingerprint density at radius 1 is 0.455 bits per heavy atom. The van der Waals surface area contributed by atoms with Crippen LogP contribution in [-0.4, -0.2) is 11.0 Å². The van der Waals surface area contributed by atoms with Crippen molar-refractivity contribution in [1.82, 2.24) is 0 Å². The summed E-state index contributed by atoms with van der Waals surface area (Å²) < 4.78 is 0. The Bertz CT molecular complexity index is 80.1. The summed E-state index contributed by atoms with van der Waals surface area (Å²) in [7, 11) is 0. The van der Waals surface area contributed by atoms with Gasteiger partial charge in [-0.3, -0.25) is 0 Å². The van der Waals surface area contributed by atoms with E-state index in [0.29, 0.717) is 0 Å². The zero-order valence-electron chi connectivity index (χ0n) is 10.2. The van der Waals surface area contributed by atoms with Crippen LogP contribution >= 0.6 is 0 Å². The maximum atomic E-state index is 8.00. The Morgan fingerprint density at radius 3 is 0.455 bits per heavy atom. The molecule has 0 bridgehead atoms. The van der Waals surface area contributed by atoms with E-state index < -0.39 is 0 Å². The van der Waals surface area contributed by atoms with Crippen molar-refractivity contribution in [3.8, 4) is 0 Å². The number of nitrogens with zero attached hydrogens (tertiary/aromatic N) is 4. The van der Waals surface area contributed by atoms with Crippen molar-refractivity contribution in [1.29, 1.82) is 0 Å². The molecule has 0 saturated carbocycles. The third-order valence-electron chi connectivity index (χ3n) is 0. The van der Waals surface area contributed by atoms with E-state index in [1.54, 1.807) is 0 Å². The van der Waals surface area contributed by atoms with Crippen molar-refractivity contribution in [3.05, 3.63) is 40.5 Å². The summed E-state index contributed by atoms with van der Waals surface area (Å²) in [5, 5.41) is 36.0. The van der Waals surface area contributed by atoms with Gasteiger partial charge in [-0.05, 0) is 0 Å². The van der Waals surface area contributed by atoms with Gasteiger partial charge >= 0.3 is 37.2 Å². The fourth-order valence-corrected chi connectivity index (χ4v) is 0. The van der Waals surface area contributed by atoms with Gasteiger partial charge in [-0.25, -0.2) is 0 Å². The van der Waals surface area contributed by atoms with E-state index in [1.807, 2.05) is 0 Å². The second-order valence-electron chi connectivity index (χ2n) is 0.298. The van der Waals surface area contributed by atoms with Crippen LogP contribution in [0.25, 0.3) is 0 Å². The number of rotatable bonds is 0. The van der Waals surface area contributed by atoms with Crippen LogP contribution in [0.4, 0.5) is 0 Å². The molecule has 0 spiro atoms. The summed E-state index contributed by atoms with van der Waals surface area (Å²) in [6, 6.07) is 0. The smallest absolute Gasteiger partial charge is 0.457 e. The summed E-state index contributed by atoms with van der Waals surface area (Å²) in [5.74, 6) is 0. The molecule has 0 rings (SSSR count). The van der Waals surface area contributed by atoms with Gasteiger partial charge in [-0.2, -0.15) is 0 Å². The molecular weight excluding hydrogens is 477 g/mol. The number of hydrogen-bond donors (Lipinski definition) is 0. The van der Waals surface area contributed by atoms with Gasteiger partial charge in [0.15, 0.2) is 0 Å². The summed E-state index contributed by atoms with van der Waals surface area (Å²) in [6.07, 6.45) is 0. The quantitative estimate of drug-likeness (QED) is 0.133. The van der Waals surface area contributed by atoms with Crippen LogP contribution in [0.15, 0.2) is 21.4 Å². The summed E-state index contributed by atoms with van der Waals surface area (Å²) in [6.45, 7) is 0. The summed E-state index contributed by atoms with van der Waals surface area (Å²) in [5.41, 5.74) is 0. The minimum absolute atomic E-state index is 0. The molecule has 22 heavy (non-hydrogen) atoms. The topological polar surface area (TPSA) is 471 Å². The van der Waals surface area contributed by atoms with Crippen molar-refractivity contribution in [3.63, 3.8) is 0 Å². The fraction of sp³-hybridized carbons (Fsp3) is 0. The Labute approximate surface area is 143 Å². The van der Waals surface area contributed by atoms with Crippen LogP contribution in [0.2, 0.25) is 0 Å². The summed E-state index contributed by atoms with van der Waals surface area (Å²) >= 11 is 0. The van der Waals surface area contributed by atoms with E-state index in [0.717, 1.165) is 21.4 Å². The normalized spacial score (nSPS) is 2.18. The van der Waals surface area contributed by atoms with Gasteiger partial charge in [0.05, 0.1) is 0 Å². The number of hydrogen-bond acceptors (Lipinski definition) is 12. The standard InChI is InChI=1S/Co.4HNO2.8H2O.Pd/c;4*2-1-3;;;;;;;;;/h;4*(H,2,3);8*1H2;/q+2;;;;;;;;;;;;;+2/p+2. The van der Waals surface area contributed by atoms with Gasteiger partial charge in [-0.15, -0.1) is 21.4 Å². The van der Waals surface area contributed by atoms with Crippen LogP contribution in [0, 0.1) is 40.5 Å². The van der Waals surface area contributed by atoms with Gasteiger partial charge in [0, 0.05) is 0 Å². The van der Waals surface area contributed by atoms with Crippen LogP contribution in [0.5, 0.6) is 0 Å². The maximum absolute atomic E-state index is 8.00. The Balaban J connectivity index is -0.00000000281. The van der Waals surface area contributed by atoms with Gasteiger partial charge < -0.3 is 84.3 Å². The second-order valence-corrected chi connectivity index (χ2v) is 0.298. The molecule has 0 atom stereocenters. The van der Waals surface area contributed by atoms with Crippen molar-refractivity contribution in [2.24, 2.45) is 21.4 Å². The molecule has 20 nitrogen and oxygen atoms in total. The monoisotopic (exact) mass is 499 g/mol. The average Bonchev–Trinajstić information content (AvgIpc) is 1.92. The van der Waals surface area contributed by atoms with E-state index >= 15 is 0 Å². The molecule has 0 unspecified atom stereocenters. The van der Waals surface area contributed by atoms with Crippen LogP contribution < -0.4 is 0 Å². The fourth-order valence-electron chi connectivity index (χ4n) is 0. The molecule has 0 amide bonds. The molecule has 151 valence electrons. The van der Waals surface area contributed by atoms with E-state index in [2.05, 4.69) is 0 Å². The van der Waals surface area contributed by atoms with Crippen LogP contribution in [0.1, 0.15) is 0 Å². The van der Waals surface area contributed by atoms with Crippen molar-refractivity contribution >= 4 is 0 Å². The van der Waals surface area contributed by atoms with Gasteiger partial charge in [0.2, 0.25) is 0 Å². The van der Waals surface area contributed by atoms with Crippen molar-refractivity contribution in [2.45, 2.75) is 0 Å². The van der Waals surface area contributed by atoms with E-state index in [1.165, 1.54) is 0 Å². The molecule has 0 aliphatic heterocycles. The minimum atomic E-state index is 0. The molecule has 22 N–H and O–H groups in total. The third-order valence-corrected chi connectivity index (χ3v) is 0. The average molecular weight is 500 g/mol. The van der Waals surface area contributed by atoms with Crippen molar-refractivity contribution in [2.75, 3.05) is 0 Å². The molecule has 0 heterocycles. The van der Waals surface area contributed by atoms with E-state index in [-0.39, 0.29) is 81.0 Å². The van der Waals surface area contributed by atoms with Crippen LogP contribution in [0.3, 0.4) is 0 Å². The maximum Gasteiger partial charge on any atom is 2.00 e. The largest absolute Gasteiger partial charge is 2.00 e. The zero-order valence-corrected chi connectivity index (χ0v) is 12.8. The molecule has 0 aromatic carbocycles. The summed E-state index contributed by atoms with van der Waals surface area (Å²) in [4.78, 5) is 32.0.